The molecule has 0 aromatic carbocycles. The fraction of sp³-hybridized carbons (Fsp3) is 1.00. The lowest BCUT2D eigenvalue weighted by molar-refractivity contribution is 0.0944. The molecule has 0 rings (SSSR count). The van der Waals surface area contributed by atoms with Crippen molar-refractivity contribution in [3.8, 4) is 0 Å². The van der Waals surface area contributed by atoms with E-state index in [1.165, 1.54) is 32.4 Å². The second-order valence-electron chi connectivity index (χ2n) is 5.82. The molecule has 0 aliphatic carbocycles. The molecule has 0 spiro atoms. The predicted molar refractivity (Wildman–Crippen MR) is 76.5 cm³/mol. The maximum Gasteiger partial charge on any atom is 0.0593 e. The second-order valence-corrected chi connectivity index (χ2v) is 5.82. The molecule has 0 heterocycles. The molecule has 0 bridgehead atoms. The molecular formula is C15H33NO. The van der Waals surface area contributed by atoms with Crippen molar-refractivity contribution in [1.29, 1.82) is 0 Å². The van der Waals surface area contributed by atoms with Gasteiger partial charge in [0.25, 0.3) is 0 Å². The predicted octanol–water partition coefficient (Wildman–Crippen LogP) is 3.81. The van der Waals surface area contributed by atoms with Crippen LogP contribution in [0.4, 0.5) is 0 Å². The van der Waals surface area contributed by atoms with Gasteiger partial charge in [0.05, 0.1) is 6.61 Å². The topological polar surface area (TPSA) is 12.5 Å². The van der Waals surface area contributed by atoms with Gasteiger partial charge in [-0.3, -0.25) is 0 Å². The number of rotatable bonds is 11. The molecule has 0 atom stereocenters. The summed E-state index contributed by atoms with van der Waals surface area (Å²) in [5, 5.41) is 0. The Balaban J connectivity index is 3.55. The molecule has 0 radical (unpaired) electrons. The summed E-state index contributed by atoms with van der Waals surface area (Å²) in [4.78, 5) is 2.54. The summed E-state index contributed by atoms with van der Waals surface area (Å²) >= 11 is 0. The van der Waals surface area contributed by atoms with E-state index in [0.717, 1.165) is 31.6 Å². The Morgan fingerprint density at radius 2 is 1.47 bits per heavy atom. The van der Waals surface area contributed by atoms with Crippen molar-refractivity contribution in [2.24, 2.45) is 11.8 Å². The molecule has 2 nitrogen and oxygen atoms in total. The normalized spacial score (nSPS) is 12.0. The minimum Gasteiger partial charge on any atom is -0.380 e. The number of nitrogens with zero attached hydrogens (tertiary/aromatic N) is 1. The van der Waals surface area contributed by atoms with Gasteiger partial charge in [-0.25, -0.2) is 0 Å². The highest BCUT2D eigenvalue weighted by atomic mass is 16.5. The van der Waals surface area contributed by atoms with Crippen LogP contribution < -0.4 is 0 Å². The van der Waals surface area contributed by atoms with Gasteiger partial charge < -0.3 is 9.64 Å². The van der Waals surface area contributed by atoms with Gasteiger partial charge >= 0.3 is 0 Å². The Morgan fingerprint density at radius 1 is 0.824 bits per heavy atom. The van der Waals surface area contributed by atoms with Crippen LogP contribution in [0.1, 0.15) is 53.9 Å². The zero-order chi connectivity index (χ0) is 13.1. The van der Waals surface area contributed by atoms with E-state index < -0.39 is 0 Å². The van der Waals surface area contributed by atoms with Crippen LogP contribution in [0, 0.1) is 11.8 Å². The van der Waals surface area contributed by atoms with Gasteiger partial charge in [-0.1, -0.05) is 34.6 Å². The van der Waals surface area contributed by atoms with Gasteiger partial charge in [0, 0.05) is 13.2 Å². The standard InChI is InChI=1S/C15H33NO/c1-6-9-16(10-7-14(2)3)11-13-17-12-8-15(4)5/h14-15H,6-13H2,1-5H3. The first-order valence-corrected chi connectivity index (χ1v) is 7.36. The van der Waals surface area contributed by atoms with Crippen molar-refractivity contribution in [3.63, 3.8) is 0 Å². The largest absolute Gasteiger partial charge is 0.380 e. The van der Waals surface area contributed by atoms with Crippen molar-refractivity contribution in [3.05, 3.63) is 0 Å². The summed E-state index contributed by atoms with van der Waals surface area (Å²) in [5.74, 6) is 1.55. The Morgan fingerprint density at radius 3 is 2.00 bits per heavy atom. The molecule has 0 fully saturated rings. The Hall–Kier alpha value is -0.0800. The number of hydrogen-bond acceptors (Lipinski definition) is 2. The minimum atomic E-state index is 0.752. The van der Waals surface area contributed by atoms with Gasteiger partial charge in [-0.2, -0.15) is 0 Å². The molecular weight excluding hydrogens is 210 g/mol. The van der Waals surface area contributed by atoms with E-state index >= 15 is 0 Å². The first-order valence-electron chi connectivity index (χ1n) is 7.36. The van der Waals surface area contributed by atoms with E-state index in [-0.39, 0.29) is 0 Å². The lowest BCUT2D eigenvalue weighted by atomic mass is 10.1. The van der Waals surface area contributed by atoms with Crippen molar-refractivity contribution in [1.82, 2.24) is 4.90 Å². The fourth-order valence-corrected chi connectivity index (χ4v) is 1.71. The molecule has 0 saturated carbocycles. The van der Waals surface area contributed by atoms with Crippen molar-refractivity contribution in [2.75, 3.05) is 32.8 Å². The fourth-order valence-electron chi connectivity index (χ4n) is 1.71. The van der Waals surface area contributed by atoms with Gasteiger partial charge in [0.15, 0.2) is 0 Å². The summed E-state index contributed by atoms with van der Waals surface area (Å²) in [6, 6.07) is 0. The molecule has 0 unspecified atom stereocenters. The first kappa shape index (κ1) is 16.9. The Labute approximate surface area is 109 Å². The molecule has 0 aliphatic heterocycles. The highest BCUT2D eigenvalue weighted by Gasteiger charge is 2.05. The van der Waals surface area contributed by atoms with E-state index in [4.69, 9.17) is 4.74 Å². The van der Waals surface area contributed by atoms with Crippen LogP contribution in [0.25, 0.3) is 0 Å². The Kier molecular flexibility index (Phi) is 11.0. The third kappa shape index (κ3) is 12.2. The highest BCUT2D eigenvalue weighted by molar-refractivity contribution is 4.58. The molecule has 0 saturated heterocycles. The van der Waals surface area contributed by atoms with Crippen LogP contribution in [0.2, 0.25) is 0 Å². The highest BCUT2D eigenvalue weighted by Crippen LogP contribution is 2.03. The van der Waals surface area contributed by atoms with Gasteiger partial charge in [0.2, 0.25) is 0 Å². The van der Waals surface area contributed by atoms with Crippen molar-refractivity contribution >= 4 is 0 Å². The maximum atomic E-state index is 5.69. The van der Waals surface area contributed by atoms with E-state index in [9.17, 15) is 0 Å². The average Bonchev–Trinajstić information content (AvgIpc) is 2.24. The van der Waals surface area contributed by atoms with Crippen LogP contribution >= 0.6 is 0 Å². The van der Waals surface area contributed by atoms with Crippen LogP contribution in [0.3, 0.4) is 0 Å². The zero-order valence-electron chi connectivity index (χ0n) is 12.7. The maximum absolute atomic E-state index is 5.69. The lowest BCUT2D eigenvalue weighted by Crippen LogP contribution is -2.30. The number of hydrogen-bond donors (Lipinski definition) is 0. The van der Waals surface area contributed by atoms with Crippen molar-refractivity contribution in [2.45, 2.75) is 53.9 Å². The van der Waals surface area contributed by atoms with E-state index in [2.05, 4.69) is 39.5 Å². The quantitative estimate of drug-likeness (QED) is 0.512. The monoisotopic (exact) mass is 243 g/mol. The van der Waals surface area contributed by atoms with Crippen molar-refractivity contribution < 1.29 is 4.74 Å². The van der Waals surface area contributed by atoms with E-state index in [0.29, 0.717) is 0 Å². The molecule has 0 aromatic heterocycles. The van der Waals surface area contributed by atoms with Gasteiger partial charge in [0.1, 0.15) is 0 Å². The first-order chi connectivity index (χ1) is 8.06. The molecule has 0 aromatic rings. The molecule has 0 aliphatic rings. The molecule has 0 N–H and O–H groups in total. The molecule has 104 valence electrons. The van der Waals surface area contributed by atoms with Crippen LogP contribution in [0.15, 0.2) is 0 Å². The summed E-state index contributed by atoms with van der Waals surface area (Å²) < 4.78 is 5.69. The van der Waals surface area contributed by atoms with Gasteiger partial charge in [-0.15, -0.1) is 0 Å². The second kappa shape index (κ2) is 11.0. The lowest BCUT2D eigenvalue weighted by Gasteiger charge is -2.22. The summed E-state index contributed by atoms with van der Waals surface area (Å²) in [5.41, 5.74) is 0. The van der Waals surface area contributed by atoms with E-state index in [1.54, 1.807) is 0 Å². The zero-order valence-corrected chi connectivity index (χ0v) is 12.7. The van der Waals surface area contributed by atoms with Crippen LogP contribution in [0.5, 0.6) is 0 Å². The molecule has 2 heteroatoms. The average molecular weight is 243 g/mol. The third-order valence-electron chi connectivity index (χ3n) is 2.95. The summed E-state index contributed by atoms with van der Waals surface area (Å²) in [6.07, 6.45) is 3.72. The van der Waals surface area contributed by atoms with Gasteiger partial charge in [-0.05, 0) is 44.2 Å². The SMILES string of the molecule is CCCN(CCOCCC(C)C)CCC(C)C. The number of ether oxygens (including phenoxy) is 1. The minimum absolute atomic E-state index is 0.752. The molecule has 0 amide bonds. The smallest absolute Gasteiger partial charge is 0.0593 e. The van der Waals surface area contributed by atoms with Crippen LogP contribution in [-0.2, 0) is 4.74 Å². The summed E-state index contributed by atoms with van der Waals surface area (Å²) in [7, 11) is 0. The third-order valence-corrected chi connectivity index (χ3v) is 2.95. The molecule has 17 heavy (non-hydrogen) atoms. The summed E-state index contributed by atoms with van der Waals surface area (Å²) in [6.45, 7) is 16.7. The Bertz CT molecular complexity index is 157. The van der Waals surface area contributed by atoms with E-state index in [1.807, 2.05) is 0 Å². The van der Waals surface area contributed by atoms with Crippen LogP contribution in [-0.4, -0.2) is 37.7 Å².